The van der Waals surface area contributed by atoms with Gasteiger partial charge in [-0.3, -0.25) is 0 Å². The van der Waals surface area contributed by atoms with Crippen molar-refractivity contribution >= 4 is 37.4 Å². The van der Waals surface area contributed by atoms with Gasteiger partial charge in [-0.05, 0) is 45.1 Å². The van der Waals surface area contributed by atoms with E-state index in [0.717, 1.165) is 34.7 Å². The number of aryl methyl sites for hydroxylation is 3. The maximum absolute atomic E-state index is 11.5. The molecule has 2 N–H and O–H groups in total. The molecule has 0 radical (unpaired) electrons. The Bertz CT molecular complexity index is 814. The lowest BCUT2D eigenvalue weighted by molar-refractivity contribution is 0.584. The highest BCUT2D eigenvalue weighted by molar-refractivity contribution is 7.89. The summed E-state index contributed by atoms with van der Waals surface area (Å²) in [5, 5.41) is 4.42. The van der Waals surface area contributed by atoms with Crippen molar-refractivity contribution in [3.63, 3.8) is 0 Å². The van der Waals surface area contributed by atoms with Gasteiger partial charge < -0.3 is 5.32 Å². The first-order valence-electron chi connectivity index (χ1n) is 8.00. The third kappa shape index (κ3) is 3.64. The molecule has 2 aromatic heterocycles. The smallest absolute Gasteiger partial charge is 0.211 e. The van der Waals surface area contributed by atoms with E-state index in [1.807, 2.05) is 6.92 Å². The summed E-state index contributed by atoms with van der Waals surface area (Å²) in [5.74, 6) is 1.68. The highest BCUT2D eigenvalue weighted by Crippen LogP contribution is 2.38. The molecular formula is C15H22N4O2S2. The third-order valence-corrected chi connectivity index (χ3v) is 6.64. The van der Waals surface area contributed by atoms with Crippen LogP contribution in [-0.2, 0) is 22.9 Å². The molecule has 0 spiro atoms. The van der Waals surface area contributed by atoms with Crippen molar-refractivity contribution in [1.29, 1.82) is 0 Å². The number of anilines is 1. The molecule has 6 nitrogen and oxygen atoms in total. The van der Waals surface area contributed by atoms with Crippen LogP contribution in [0, 0.1) is 6.92 Å². The lowest BCUT2D eigenvalue weighted by Gasteiger charge is -2.13. The predicted molar refractivity (Wildman–Crippen MR) is 94.7 cm³/mol. The number of hydrogen-bond donors (Lipinski definition) is 2. The van der Waals surface area contributed by atoms with E-state index in [-0.39, 0.29) is 5.75 Å². The van der Waals surface area contributed by atoms with Gasteiger partial charge in [0.15, 0.2) is 0 Å². The minimum absolute atomic E-state index is 0.0991. The fourth-order valence-corrected chi connectivity index (χ4v) is 4.81. The summed E-state index contributed by atoms with van der Waals surface area (Å²) in [4.78, 5) is 11.6. The molecule has 0 atom stereocenters. The predicted octanol–water partition coefficient (Wildman–Crippen LogP) is 2.23. The van der Waals surface area contributed by atoms with Crippen LogP contribution in [0.3, 0.4) is 0 Å². The van der Waals surface area contributed by atoms with Crippen molar-refractivity contribution in [1.82, 2.24) is 14.7 Å². The minimum atomic E-state index is -3.15. The molecule has 3 rings (SSSR count). The van der Waals surface area contributed by atoms with Gasteiger partial charge in [-0.1, -0.05) is 0 Å². The Balaban J connectivity index is 1.81. The lowest BCUT2D eigenvalue weighted by atomic mass is 9.97. The van der Waals surface area contributed by atoms with Gasteiger partial charge in [0.05, 0.1) is 11.1 Å². The van der Waals surface area contributed by atoms with E-state index in [9.17, 15) is 8.42 Å². The first-order chi connectivity index (χ1) is 11.0. The minimum Gasteiger partial charge on any atom is -0.368 e. The molecule has 1 aliphatic carbocycles. The van der Waals surface area contributed by atoms with Crippen molar-refractivity contribution in [2.75, 3.05) is 24.2 Å². The number of sulfonamides is 1. The van der Waals surface area contributed by atoms with Crippen LogP contribution in [0.25, 0.3) is 10.2 Å². The van der Waals surface area contributed by atoms with Gasteiger partial charge in [-0.15, -0.1) is 11.3 Å². The normalized spacial score (nSPS) is 14.9. The number of hydrogen-bond acceptors (Lipinski definition) is 6. The second-order valence-electron chi connectivity index (χ2n) is 5.74. The maximum Gasteiger partial charge on any atom is 0.211 e. The Morgan fingerprint density at radius 1 is 1.17 bits per heavy atom. The Morgan fingerprint density at radius 2 is 1.96 bits per heavy atom. The highest BCUT2D eigenvalue weighted by atomic mass is 32.2. The molecule has 0 saturated heterocycles. The highest BCUT2D eigenvalue weighted by Gasteiger charge is 2.20. The van der Waals surface area contributed by atoms with Gasteiger partial charge in [-0.2, -0.15) is 0 Å². The van der Waals surface area contributed by atoms with Gasteiger partial charge in [0.2, 0.25) is 10.0 Å². The number of aromatic nitrogens is 2. The van der Waals surface area contributed by atoms with Crippen LogP contribution in [0.2, 0.25) is 0 Å². The van der Waals surface area contributed by atoms with Crippen LogP contribution in [0.1, 0.15) is 36.0 Å². The van der Waals surface area contributed by atoms with Crippen LogP contribution in [0.15, 0.2) is 0 Å². The number of fused-ring (bicyclic) bond motifs is 3. The van der Waals surface area contributed by atoms with Gasteiger partial charge in [0.25, 0.3) is 0 Å². The molecule has 23 heavy (non-hydrogen) atoms. The Morgan fingerprint density at radius 3 is 2.74 bits per heavy atom. The first kappa shape index (κ1) is 16.6. The van der Waals surface area contributed by atoms with Gasteiger partial charge in [0.1, 0.15) is 16.5 Å². The average Bonchev–Trinajstić information content (AvgIpc) is 2.89. The molecular weight excluding hydrogens is 332 g/mol. The molecule has 0 amide bonds. The summed E-state index contributed by atoms with van der Waals surface area (Å²) >= 11 is 1.77. The molecule has 1 aliphatic rings. The molecule has 0 bridgehead atoms. The SMILES string of the molecule is CCS(=O)(=O)NCCNc1nc(C)nc2sc3c(c12)CCCC3. The lowest BCUT2D eigenvalue weighted by Crippen LogP contribution is -2.30. The molecule has 2 heterocycles. The molecule has 0 aliphatic heterocycles. The average molecular weight is 355 g/mol. The van der Waals surface area contributed by atoms with E-state index in [1.54, 1.807) is 18.3 Å². The summed E-state index contributed by atoms with van der Waals surface area (Å²) in [6, 6.07) is 0. The van der Waals surface area contributed by atoms with Crippen LogP contribution in [0.4, 0.5) is 5.82 Å². The van der Waals surface area contributed by atoms with Crippen molar-refractivity contribution in [2.24, 2.45) is 0 Å². The summed E-state index contributed by atoms with van der Waals surface area (Å²) < 4.78 is 25.5. The van der Waals surface area contributed by atoms with E-state index in [2.05, 4.69) is 20.0 Å². The molecule has 0 aromatic carbocycles. The van der Waals surface area contributed by atoms with E-state index < -0.39 is 10.0 Å². The number of nitrogens with zero attached hydrogens (tertiary/aromatic N) is 2. The monoisotopic (exact) mass is 354 g/mol. The molecule has 2 aromatic rings. The second-order valence-corrected chi connectivity index (χ2v) is 8.91. The first-order valence-corrected chi connectivity index (χ1v) is 10.5. The Kier molecular flexibility index (Phi) is 4.84. The topological polar surface area (TPSA) is 84.0 Å². The van der Waals surface area contributed by atoms with Crippen LogP contribution in [0.5, 0.6) is 0 Å². The van der Waals surface area contributed by atoms with Gasteiger partial charge >= 0.3 is 0 Å². The number of nitrogens with one attached hydrogen (secondary N) is 2. The fraction of sp³-hybridized carbons (Fsp3) is 0.600. The largest absolute Gasteiger partial charge is 0.368 e. The maximum atomic E-state index is 11.5. The van der Waals surface area contributed by atoms with Gasteiger partial charge in [0, 0.05) is 18.0 Å². The third-order valence-electron chi connectivity index (χ3n) is 4.05. The summed E-state index contributed by atoms with van der Waals surface area (Å²) in [6.45, 7) is 4.39. The van der Waals surface area contributed by atoms with E-state index in [0.29, 0.717) is 13.1 Å². The van der Waals surface area contributed by atoms with Crippen molar-refractivity contribution in [3.8, 4) is 0 Å². The standard InChI is InChI=1S/C15H22N4O2S2/c1-3-23(20,21)17-9-8-16-14-13-11-6-4-5-7-12(11)22-15(13)19-10(2)18-14/h17H,3-9H2,1-2H3,(H,16,18,19). The van der Waals surface area contributed by atoms with Crippen LogP contribution < -0.4 is 10.0 Å². The van der Waals surface area contributed by atoms with Crippen LogP contribution in [-0.4, -0.2) is 37.2 Å². The fourth-order valence-electron chi connectivity index (χ4n) is 2.88. The molecule has 126 valence electrons. The second kappa shape index (κ2) is 6.70. The quantitative estimate of drug-likeness (QED) is 0.777. The molecule has 0 fully saturated rings. The van der Waals surface area contributed by atoms with Crippen molar-refractivity contribution in [2.45, 2.75) is 39.5 Å². The zero-order valence-electron chi connectivity index (χ0n) is 13.5. The zero-order chi connectivity index (χ0) is 16.4. The number of thiophene rings is 1. The van der Waals surface area contributed by atoms with E-state index in [1.165, 1.54) is 23.3 Å². The van der Waals surface area contributed by atoms with E-state index in [4.69, 9.17) is 0 Å². The molecule has 8 heteroatoms. The Labute approximate surface area is 140 Å². The zero-order valence-corrected chi connectivity index (χ0v) is 15.1. The summed E-state index contributed by atoms with van der Waals surface area (Å²) in [6.07, 6.45) is 4.67. The summed E-state index contributed by atoms with van der Waals surface area (Å²) in [7, 11) is -3.15. The van der Waals surface area contributed by atoms with Gasteiger partial charge in [-0.25, -0.2) is 23.1 Å². The Hall–Kier alpha value is -1.25. The van der Waals surface area contributed by atoms with Crippen molar-refractivity contribution < 1.29 is 8.42 Å². The van der Waals surface area contributed by atoms with Crippen molar-refractivity contribution in [3.05, 3.63) is 16.3 Å². The van der Waals surface area contributed by atoms with E-state index >= 15 is 0 Å². The number of rotatable bonds is 6. The summed E-state index contributed by atoms with van der Waals surface area (Å²) in [5.41, 5.74) is 1.38. The van der Waals surface area contributed by atoms with Crippen LogP contribution >= 0.6 is 11.3 Å². The molecule has 0 unspecified atom stereocenters. The molecule has 0 saturated carbocycles.